The molecule has 0 spiro atoms. The zero-order valence-electron chi connectivity index (χ0n) is 13.9. The first kappa shape index (κ1) is 17.3. The van der Waals surface area contributed by atoms with Crippen LogP contribution >= 0.6 is 0 Å². The fourth-order valence-corrected chi connectivity index (χ4v) is 1.65. The van der Waals surface area contributed by atoms with Gasteiger partial charge in [-0.1, -0.05) is 53.7 Å². The Morgan fingerprint density at radius 3 is 2.14 bits per heavy atom. The molecule has 0 atom stereocenters. The second kappa shape index (κ2) is 7.91. The normalized spacial score (nSPS) is 10.7. The Hall–Kier alpha value is -1.71. The number of benzene rings is 1. The van der Waals surface area contributed by atoms with E-state index in [1.54, 1.807) is 22.9 Å². The van der Waals surface area contributed by atoms with Gasteiger partial charge in [-0.3, -0.25) is 0 Å². The molecule has 0 aliphatic heterocycles. The number of para-hydroxylation sites is 1. The molecule has 2 rings (SSSR count). The summed E-state index contributed by atoms with van der Waals surface area (Å²) in [6.07, 6.45) is 0.730. The van der Waals surface area contributed by atoms with Crippen LogP contribution in [0.2, 0.25) is 0 Å². The SMILES string of the molecule is CC(C)C.CCc1nc(C(C)C)nn1-c1ccccc1F. The summed E-state index contributed by atoms with van der Waals surface area (Å²) in [7, 11) is 0. The first-order valence-electron chi connectivity index (χ1n) is 7.57. The van der Waals surface area contributed by atoms with E-state index >= 15 is 0 Å². The third-order valence-electron chi connectivity index (χ3n) is 2.60. The summed E-state index contributed by atoms with van der Waals surface area (Å²) >= 11 is 0. The van der Waals surface area contributed by atoms with Gasteiger partial charge in [-0.05, 0) is 18.1 Å². The van der Waals surface area contributed by atoms with Crippen molar-refractivity contribution in [1.82, 2.24) is 14.8 Å². The van der Waals surface area contributed by atoms with Crippen molar-refractivity contribution in [3.8, 4) is 5.69 Å². The van der Waals surface area contributed by atoms with Gasteiger partial charge in [0.2, 0.25) is 0 Å². The smallest absolute Gasteiger partial charge is 0.153 e. The highest BCUT2D eigenvalue weighted by molar-refractivity contribution is 5.33. The first-order valence-corrected chi connectivity index (χ1v) is 7.57. The van der Waals surface area contributed by atoms with Gasteiger partial charge in [0.15, 0.2) is 5.82 Å². The molecule has 1 aromatic carbocycles. The van der Waals surface area contributed by atoms with Crippen LogP contribution in [-0.4, -0.2) is 14.8 Å². The van der Waals surface area contributed by atoms with Crippen LogP contribution in [0.3, 0.4) is 0 Å². The van der Waals surface area contributed by atoms with Gasteiger partial charge in [-0.25, -0.2) is 14.1 Å². The maximum atomic E-state index is 13.7. The van der Waals surface area contributed by atoms with Crippen LogP contribution in [0.4, 0.5) is 4.39 Å². The Balaban J connectivity index is 0.000000491. The molecule has 0 amide bonds. The Morgan fingerprint density at radius 1 is 1.10 bits per heavy atom. The molecule has 1 heterocycles. The van der Waals surface area contributed by atoms with Gasteiger partial charge in [-0.15, -0.1) is 0 Å². The fraction of sp³-hybridized carbons (Fsp3) is 0.529. The molecule has 0 aliphatic rings. The number of hydrogen-bond donors (Lipinski definition) is 0. The van der Waals surface area contributed by atoms with Gasteiger partial charge in [-0.2, -0.15) is 5.10 Å². The predicted octanol–water partition coefficient (Wildman–Crippen LogP) is 4.75. The van der Waals surface area contributed by atoms with E-state index in [1.165, 1.54) is 6.07 Å². The molecule has 0 unspecified atom stereocenters. The van der Waals surface area contributed by atoms with E-state index in [1.807, 2.05) is 20.8 Å². The minimum absolute atomic E-state index is 0.244. The van der Waals surface area contributed by atoms with Crippen molar-refractivity contribution in [2.24, 2.45) is 5.92 Å². The molecule has 0 aliphatic carbocycles. The minimum atomic E-state index is -0.276. The van der Waals surface area contributed by atoms with Gasteiger partial charge in [0.1, 0.15) is 17.3 Å². The lowest BCUT2D eigenvalue weighted by molar-refractivity contribution is 0.604. The van der Waals surface area contributed by atoms with Crippen LogP contribution in [0.5, 0.6) is 0 Å². The average Bonchev–Trinajstić information content (AvgIpc) is 2.82. The molecule has 2 aromatic rings. The highest BCUT2D eigenvalue weighted by atomic mass is 19.1. The molecular formula is C17H26FN3. The lowest BCUT2D eigenvalue weighted by Gasteiger charge is -2.04. The van der Waals surface area contributed by atoms with Crippen molar-refractivity contribution in [3.05, 3.63) is 41.7 Å². The van der Waals surface area contributed by atoms with E-state index in [2.05, 4.69) is 30.9 Å². The van der Waals surface area contributed by atoms with E-state index in [9.17, 15) is 4.39 Å². The molecule has 0 N–H and O–H groups in total. The number of hydrogen-bond acceptors (Lipinski definition) is 2. The molecule has 0 bridgehead atoms. The first-order chi connectivity index (χ1) is 9.86. The summed E-state index contributed by atoms with van der Waals surface area (Å²) in [5.74, 6) is 2.35. The monoisotopic (exact) mass is 291 g/mol. The van der Waals surface area contributed by atoms with E-state index in [4.69, 9.17) is 0 Å². The Morgan fingerprint density at radius 2 is 1.67 bits per heavy atom. The number of aromatic nitrogens is 3. The Bertz CT molecular complexity index is 556. The Kier molecular flexibility index (Phi) is 6.53. The van der Waals surface area contributed by atoms with Gasteiger partial charge < -0.3 is 0 Å². The molecule has 116 valence electrons. The van der Waals surface area contributed by atoms with Gasteiger partial charge in [0.25, 0.3) is 0 Å². The second-order valence-corrected chi connectivity index (χ2v) is 5.99. The predicted molar refractivity (Wildman–Crippen MR) is 85.3 cm³/mol. The van der Waals surface area contributed by atoms with Crippen molar-refractivity contribution in [2.45, 2.75) is 53.9 Å². The maximum Gasteiger partial charge on any atom is 0.153 e. The zero-order chi connectivity index (χ0) is 16.0. The molecule has 0 radical (unpaired) electrons. The summed E-state index contributed by atoms with van der Waals surface area (Å²) in [5.41, 5.74) is 0.462. The number of nitrogens with zero attached hydrogens (tertiary/aromatic N) is 3. The van der Waals surface area contributed by atoms with Crippen LogP contribution in [0, 0.1) is 11.7 Å². The lowest BCUT2D eigenvalue weighted by atomic mass is 10.2. The molecule has 0 saturated heterocycles. The summed E-state index contributed by atoms with van der Waals surface area (Å²) in [5, 5.41) is 4.38. The van der Waals surface area contributed by atoms with Gasteiger partial charge >= 0.3 is 0 Å². The summed E-state index contributed by atoms with van der Waals surface area (Å²) in [4.78, 5) is 4.43. The standard InChI is InChI=1S/C13H16FN3.C4H10/c1-4-12-15-13(9(2)3)16-17(12)11-8-6-5-7-10(11)14;1-4(2)3/h5-9H,4H2,1-3H3;4H,1-3H3. The third kappa shape index (κ3) is 4.96. The van der Waals surface area contributed by atoms with Crippen molar-refractivity contribution in [3.63, 3.8) is 0 Å². The number of halogens is 1. The van der Waals surface area contributed by atoms with Crippen LogP contribution in [0.1, 0.15) is 59.1 Å². The largest absolute Gasteiger partial charge is 0.216 e. The van der Waals surface area contributed by atoms with Crippen molar-refractivity contribution < 1.29 is 4.39 Å². The van der Waals surface area contributed by atoms with Crippen LogP contribution in [-0.2, 0) is 6.42 Å². The van der Waals surface area contributed by atoms with Crippen molar-refractivity contribution >= 4 is 0 Å². The topological polar surface area (TPSA) is 30.7 Å². The van der Waals surface area contributed by atoms with E-state index in [0.717, 1.165) is 24.0 Å². The average molecular weight is 291 g/mol. The van der Waals surface area contributed by atoms with Gasteiger partial charge in [0, 0.05) is 12.3 Å². The van der Waals surface area contributed by atoms with Crippen molar-refractivity contribution in [2.75, 3.05) is 0 Å². The van der Waals surface area contributed by atoms with Crippen molar-refractivity contribution in [1.29, 1.82) is 0 Å². The maximum absolute atomic E-state index is 13.7. The minimum Gasteiger partial charge on any atom is -0.216 e. The third-order valence-corrected chi connectivity index (χ3v) is 2.60. The quantitative estimate of drug-likeness (QED) is 0.816. The number of aryl methyl sites for hydroxylation is 1. The van der Waals surface area contributed by atoms with Crippen LogP contribution in [0.25, 0.3) is 5.69 Å². The summed E-state index contributed by atoms with van der Waals surface area (Å²) in [6, 6.07) is 6.62. The van der Waals surface area contributed by atoms with Gasteiger partial charge in [0.05, 0.1) is 0 Å². The van der Waals surface area contributed by atoms with Crippen LogP contribution in [0.15, 0.2) is 24.3 Å². The molecule has 3 nitrogen and oxygen atoms in total. The number of rotatable bonds is 3. The molecular weight excluding hydrogens is 265 g/mol. The molecule has 1 aromatic heterocycles. The second-order valence-electron chi connectivity index (χ2n) is 5.99. The summed E-state index contributed by atoms with van der Waals surface area (Å²) < 4.78 is 15.3. The highest BCUT2D eigenvalue weighted by Crippen LogP contribution is 2.17. The molecule has 0 fully saturated rings. The lowest BCUT2D eigenvalue weighted by Crippen LogP contribution is -2.04. The molecule has 4 heteroatoms. The zero-order valence-corrected chi connectivity index (χ0v) is 13.9. The van der Waals surface area contributed by atoms with E-state index < -0.39 is 0 Å². The highest BCUT2D eigenvalue weighted by Gasteiger charge is 2.14. The molecule has 21 heavy (non-hydrogen) atoms. The van der Waals surface area contributed by atoms with E-state index in [-0.39, 0.29) is 11.7 Å². The summed E-state index contributed by atoms with van der Waals surface area (Å²) in [6.45, 7) is 12.5. The van der Waals surface area contributed by atoms with Crippen LogP contribution < -0.4 is 0 Å². The molecule has 0 saturated carbocycles. The Labute approximate surface area is 127 Å². The van der Waals surface area contributed by atoms with E-state index in [0.29, 0.717) is 5.69 Å². The fourth-order valence-electron chi connectivity index (χ4n) is 1.65.